The Morgan fingerprint density at radius 2 is 2.04 bits per heavy atom. The summed E-state index contributed by atoms with van der Waals surface area (Å²) >= 11 is 0. The molecule has 0 bridgehead atoms. The van der Waals surface area contributed by atoms with Gasteiger partial charge in [-0.25, -0.2) is 4.99 Å². The van der Waals surface area contributed by atoms with Crippen LogP contribution < -0.4 is 10.6 Å². The maximum absolute atomic E-state index is 11.0. The quantitative estimate of drug-likeness (QED) is 0.148. The van der Waals surface area contributed by atoms with Crippen LogP contribution in [0.3, 0.4) is 0 Å². The highest BCUT2D eigenvalue weighted by Gasteiger charge is 2.25. The molecule has 7 nitrogen and oxygen atoms in total. The SMILES string of the molecule is CCNC(=NCC(C)(O)c1ccco1)NCCCCCCC(=O)OC.I. The van der Waals surface area contributed by atoms with E-state index in [1.165, 1.54) is 13.4 Å². The van der Waals surface area contributed by atoms with Crippen LogP contribution in [0.4, 0.5) is 0 Å². The Kier molecular flexibility index (Phi) is 13.2. The lowest BCUT2D eigenvalue weighted by molar-refractivity contribution is -0.140. The van der Waals surface area contributed by atoms with Crippen molar-refractivity contribution < 1.29 is 19.1 Å². The van der Waals surface area contributed by atoms with E-state index in [0.717, 1.165) is 38.8 Å². The predicted molar refractivity (Wildman–Crippen MR) is 113 cm³/mol. The number of furan rings is 1. The molecule has 8 heteroatoms. The van der Waals surface area contributed by atoms with Crippen LogP contribution in [0.25, 0.3) is 0 Å². The zero-order chi connectivity index (χ0) is 18.5. The number of ether oxygens (including phenoxy) is 1. The van der Waals surface area contributed by atoms with Crippen LogP contribution in [0, 0.1) is 0 Å². The number of halogens is 1. The number of esters is 1. The number of hydrogen-bond acceptors (Lipinski definition) is 5. The molecule has 0 aromatic carbocycles. The van der Waals surface area contributed by atoms with Gasteiger partial charge >= 0.3 is 5.97 Å². The second-order valence-electron chi connectivity index (χ2n) is 6.11. The normalized spacial score (nSPS) is 13.5. The molecule has 0 saturated heterocycles. The van der Waals surface area contributed by atoms with Gasteiger partial charge in [0.2, 0.25) is 0 Å². The number of carbonyl (C=O) groups excluding carboxylic acids is 1. The number of nitrogens with zero attached hydrogens (tertiary/aromatic N) is 1. The predicted octanol–water partition coefficient (Wildman–Crippen LogP) is 2.78. The van der Waals surface area contributed by atoms with Crippen LogP contribution in [-0.4, -0.2) is 43.8 Å². The number of aliphatic imine (C=N–C) groups is 1. The van der Waals surface area contributed by atoms with Crippen molar-refractivity contribution in [3.05, 3.63) is 24.2 Å². The van der Waals surface area contributed by atoms with E-state index in [4.69, 9.17) is 4.42 Å². The number of nitrogens with one attached hydrogen (secondary N) is 2. The van der Waals surface area contributed by atoms with Gasteiger partial charge in [-0.1, -0.05) is 12.8 Å². The molecule has 0 amide bonds. The molecule has 150 valence electrons. The third kappa shape index (κ3) is 10.0. The smallest absolute Gasteiger partial charge is 0.305 e. The summed E-state index contributed by atoms with van der Waals surface area (Å²) in [6.07, 6.45) is 5.89. The highest BCUT2D eigenvalue weighted by atomic mass is 127. The largest absolute Gasteiger partial charge is 0.469 e. The fraction of sp³-hybridized carbons (Fsp3) is 0.667. The first kappa shape index (κ1) is 24.7. The topological polar surface area (TPSA) is 96.1 Å². The average molecular weight is 481 g/mol. The minimum absolute atomic E-state index is 0. The van der Waals surface area contributed by atoms with Crippen molar-refractivity contribution in [2.75, 3.05) is 26.7 Å². The Morgan fingerprint density at radius 1 is 1.31 bits per heavy atom. The summed E-state index contributed by atoms with van der Waals surface area (Å²) in [5, 5.41) is 16.8. The van der Waals surface area contributed by atoms with Gasteiger partial charge in [0.25, 0.3) is 0 Å². The molecule has 1 unspecified atom stereocenters. The molecule has 0 spiro atoms. The van der Waals surface area contributed by atoms with Gasteiger partial charge in [0.1, 0.15) is 11.4 Å². The number of carbonyl (C=O) groups is 1. The number of rotatable bonds is 11. The van der Waals surface area contributed by atoms with Crippen LogP contribution in [0.2, 0.25) is 0 Å². The zero-order valence-corrected chi connectivity index (χ0v) is 18.2. The van der Waals surface area contributed by atoms with E-state index in [2.05, 4.69) is 20.4 Å². The van der Waals surface area contributed by atoms with Gasteiger partial charge in [-0.3, -0.25) is 4.79 Å². The van der Waals surface area contributed by atoms with E-state index in [-0.39, 0.29) is 36.5 Å². The average Bonchev–Trinajstić information content (AvgIpc) is 3.14. The lowest BCUT2D eigenvalue weighted by Gasteiger charge is -2.19. The molecule has 0 fully saturated rings. The van der Waals surface area contributed by atoms with Crippen molar-refractivity contribution in [3.63, 3.8) is 0 Å². The summed E-state index contributed by atoms with van der Waals surface area (Å²) < 4.78 is 9.87. The molecule has 1 aromatic rings. The number of unbranched alkanes of at least 4 members (excludes halogenated alkanes) is 3. The number of hydrogen-bond donors (Lipinski definition) is 3. The van der Waals surface area contributed by atoms with Gasteiger partial charge in [0.15, 0.2) is 5.96 Å². The summed E-state index contributed by atoms with van der Waals surface area (Å²) in [5.41, 5.74) is -1.14. The van der Waals surface area contributed by atoms with E-state index < -0.39 is 5.60 Å². The van der Waals surface area contributed by atoms with E-state index in [1.807, 2.05) is 6.92 Å². The first-order chi connectivity index (χ1) is 12.0. The van der Waals surface area contributed by atoms with Gasteiger partial charge in [-0.2, -0.15) is 0 Å². The standard InChI is InChI=1S/C18H31N3O4.HI/c1-4-19-17(20-12-8-6-5-7-11-16(22)24-3)21-14-18(2,23)15-10-9-13-25-15;/h9-10,13,23H,4-8,11-12,14H2,1-3H3,(H2,19,20,21);1H. The summed E-state index contributed by atoms with van der Waals surface area (Å²) in [7, 11) is 1.41. The van der Waals surface area contributed by atoms with Gasteiger partial charge in [-0.05, 0) is 38.8 Å². The Morgan fingerprint density at radius 3 is 2.65 bits per heavy atom. The van der Waals surface area contributed by atoms with Gasteiger partial charge in [0, 0.05) is 19.5 Å². The van der Waals surface area contributed by atoms with Gasteiger partial charge in [0.05, 0.1) is 19.9 Å². The lowest BCUT2D eigenvalue weighted by atomic mass is 10.0. The first-order valence-corrected chi connectivity index (χ1v) is 8.85. The van der Waals surface area contributed by atoms with Gasteiger partial charge in [-0.15, -0.1) is 24.0 Å². The fourth-order valence-corrected chi connectivity index (χ4v) is 2.29. The highest BCUT2D eigenvalue weighted by molar-refractivity contribution is 14.0. The maximum Gasteiger partial charge on any atom is 0.305 e. The first-order valence-electron chi connectivity index (χ1n) is 8.85. The molecule has 26 heavy (non-hydrogen) atoms. The molecule has 1 heterocycles. The number of methoxy groups -OCH3 is 1. The van der Waals surface area contributed by atoms with Crippen molar-refractivity contribution in [3.8, 4) is 0 Å². The molecular weight excluding hydrogens is 449 g/mol. The molecular formula is C18H32IN3O4. The Bertz CT molecular complexity index is 519. The number of aliphatic hydroxyl groups is 1. The molecule has 0 saturated carbocycles. The van der Waals surface area contributed by atoms with E-state index in [0.29, 0.717) is 18.1 Å². The minimum atomic E-state index is -1.14. The van der Waals surface area contributed by atoms with Crippen molar-refractivity contribution in [1.29, 1.82) is 0 Å². The molecule has 1 aromatic heterocycles. The summed E-state index contributed by atoms with van der Waals surface area (Å²) in [5.74, 6) is 1.02. The number of guanidine groups is 1. The van der Waals surface area contributed by atoms with Crippen LogP contribution in [0.5, 0.6) is 0 Å². The maximum atomic E-state index is 11.0. The van der Waals surface area contributed by atoms with Crippen LogP contribution in [0.1, 0.15) is 51.7 Å². The second-order valence-corrected chi connectivity index (χ2v) is 6.11. The minimum Gasteiger partial charge on any atom is -0.469 e. The van der Waals surface area contributed by atoms with Crippen molar-refractivity contribution in [2.24, 2.45) is 4.99 Å². The van der Waals surface area contributed by atoms with Crippen LogP contribution in [0.15, 0.2) is 27.8 Å². The van der Waals surface area contributed by atoms with E-state index in [9.17, 15) is 9.90 Å². The van der Waals surface area contributed by atoms with Crippen molar-refractivity contribution in [2.45, 2.75) is 51.6 Å². The molecule has 0 aliphatic carbocycles. The Hall–Kier alpha value is -1.29. The van der Waals surface area contributed by atoms with Crippen molar-refractivity contribution in [1.82, 2.24) is 10.6 Å². The molecule has 1 atom stereocenters. The molecule has 0 aliphatic heterocycles. The van der Waals surface area contributed by atoms with Crippen LogP contribution in [-0.2, 0) is 15.1 Å². The monoisotopic (exact) mass is 481 g/mol. The Labute approximate surface area is 173 Å². The third-order valence-electron chi connectivity index (χ3n) is 3.77. The van der Waals surface area contributed by atoms with Crippen LogP contribution >= 0.6 is 24.0 Å². The van der Waals surface area contributed by atoms with E-state index >= 15 is 0 Å². The van der Waals surface area contributed by atoms with Gasteiger partial charge < -0.3 is 24.9 Å². The molecule has 1 rings (SSSR count). The van der Waals surface area contributed by atoms with E-state index in [1.54, 1.807) is 19.1 Å². The highest BCUT2D eigenvalue weighted by Crippen LogP contribution is 2.20. The summed E-state index contributed by atoms with van der Waals surface area (Å²) in [6, 6.07) is 3.49. The summed E-state index contributed by atoms with van der Waals surface area (Å²) in [4.78, 5) is 15.4. The lowest BCUT2D eigenvalue weighted by Crippen LogP contribution is -2.39. The third-order valence-corrected chi connectivity index (χ3v) is 3.77. The van der Waals surface area contributed by atoms with Crippen molar-refractivity contribution >= 4 is 35.9 Å². The molecule has 0 radical (unpaired) electrons. The fourth-order valence-electron chi connectivity index (χ4n) is 2.29. The second kappa shape index (κ2) is 13.9. The Balaban J connectivity index is 0.00000625. The summed E-state index contributed by atoms with van der Waals surface area (Å²) in [6.45, 7) is 5.41. The molecule has 0 aliphatic rings. The molecule has 3 N–H and O–H groups in total. The zero-order valence-electron chi connectivity index (χ0n) is 15.9.